The quantitative estimate of drug-likeness (QED) is 0.750. The van der Waals surface area contributed by atoms with E-state index in [4.69, 9.17) is 0 Å². The van der Waals surface area contributed by atoms with Crippen molar-refractivity contribution < 1.29 is 4.79 Å². The smallest absolute Gasteiger partial charge is 0.224 e. The molecule has 0 unspecified atom stereocenters. The molecule has 1 heterocycles. The molecule has 4 nitrogen and oxygen atoms in total. The number of para-hydroxylation sites is 1. The van der Waals surface area contributed by atoms with Gasteiger partial charge >= 0.3 is 0 Å². The molecule has 27 heavy (non-hydrogen) atoms. The number of carbonyl (C=O) groups excluding carboxylic acids is 1. The van der Waals surface area contributed by atoms with Crippen molar-refractivity contribution in [3.63, 3.8) is 0 Å². The first kappa shape index (κ1) is 19.4. The van der Waals surface area contributed by atoms with E-state index in [0.29, 0.717) is 13.0 Å². The zero-order valence-electron chi connectivity index (χ0n) is 16.6. The number of hydrogen-bond donors (Lipinski definition) is 0. The van der Waals surface area contributed by atoms with Gasteiger partial charge in [-0.1, -0.05) is 48.5 Å². The van der Waals surface area contributed by atoms with E-state index in [1.54, 1.807) is 0 Å². The minimum absolute atomic E-state index is 0.215. The third-order valence-electron chi connectivity index (χ3n) is 5.27. The van der Waals surface area contributed by atoms with Gasteiger partial charge in [0.2, 0.25) is 5.91 Å². The number of carbonyl (C=O) groups is 1. The minimum Gasteiger partial charge on any atom is -0.369 e. The number of nitrogens with zero attached hydrogens (tertiary/aromatic N) is 3. The second-order valence-electron chi connectivity index (χ2n) is 7.52. The van der Waals surface area contributed by atoms with E-state index in [0.717, 1.165) is 32.7 Å². The standard InChI is InChI=1S/C23H31N3O/c1-20(2)26(19-21-9-5-3-6-10-21)23(27)13-14-24-15-17-25(18-16-24)22-11-7-4-8-12-22/h3-12,20H,13-19H2,1-2H3. The molecule has 1 fully saturated rings. The van der Waals surface area contributed by atoms with Crippen molar-refractivity contribution in [2.75, 3.05) is 37.6 Å². The Balaban J connectivity index is 1.47. The Hall–Kier alpha value is -2.33. The third kappa shape index (κ3) is 5.57. The van der Waals surface area contributed by atoms with Crippen LogP contribution in [0.15, 0.2) is 60.7 Å². The Labute approximate surface area is 163 Å². The van der Waals surface area contributed by atoms with E-state index >= 15 is 0 Å². The molecule has 2 aromatic carbocycles. The normalized spacial score (nSPS) is 15.1. The molecule has 1 aliphatic rings. The molecule has 1 saturated heterocycles. The number of hydrogen-bond acceptors (Lipinski definition) is 3. The van der Waals surface area contributed by atoms with Gasteiger partial charge in [-0.15, -0.1) is 0 Å². The molecule has 1 aliphatic heterocycles. The van der Waals surface area contributed by atoms with Crippen LogP contribution < -0.4 is 4.90 Å². The highest BCUT2D eigenvalue weighted by Crippen LogP contribution is 2.16. The molecule has 4 heteroatoms. The molecule has 0 saturated carbocycles. The van der Waals surface area contributed by atoms with Crippen molar-refractivity contribution in [3.8, 4) is 0 Å². The van der Waals surface area contributed by atoms with Crippen LogP contribution in [0.1, 0.15) is 25.8 Å². The van der Waals surface area contributed by atoms with E-state index in [-0.39, 0.29) is 11.9 Å². The molecule has 1 amide bonds. The number of anilines is 1. The summed E-state index contributed by atoms with van der Waals surface area (Å²) in [5.74, 6) is 0.249. The second kappa shape index (κ2) is 9.56. The Kier molecular flexibility index (Phi) is 6.88. The number of rotatable bonds is 7. The molecule has 144 valence electrons. The minimum atomic E-state index is 0.215. The highest BCUT2D eigenvalue weighted by Gasteiger charge is 2.21. The van der Waals surface area contributed by atoms with Gasteiger partial charge in [-0.05, 0) is 31.5 Å². The topological polar surface area (TPSA) is 26.8 Å². The number of benzene rings is 2. The predicted octanol–water partition coefficient (Wildman–Crippen LogP) is 3.64. The Morgan fingerprint density at radius 2 is 1.52 bits per heavy atom. The fourth-order valence-corrected chi connectivity index (χ4v) is 3.60. The van der Waals surface area contributed by atoms with Crippen LogP contribution in [0.3, 0.4) is 0 Å². The fraction of sp³-hybridized carbons (Fsp3) is 0.435. The maximum absolute atomic E-state index is 12.8. The Morgan fingerprint density at radius 1 is 0.926 bits per heavy atom. The average molecular weight is 366 g/mol. The summed E-state index contributed by atoms with van der Waals surface area (Å²) in [7, 11) is 0. The zero-order chi connectivity index (χ0) is 19.1. The molecular formula is C23H31N3O. The largest absolute Gasteiger partial charge is 0.369 e. The van der Waals surface area contributed by atoms with Gasteiger partial charge in [-0.2, -0.15) is 0 Å². The first-order valence-electron chi connectivity index (χ1n) is 9.99. The van der Waals surface area contributed by atoms with Gasteiger partial charge in [0, 0.05) is 57.4 Å². The predicted molar refractivity (Wildman–Crippen MR) is 112 cm³/mol. The summed E-state index contributed by atoms with van der Waals surface area (Å²) < 4.78 is 0. The molecular weight excluding hydrogens is 334 g/mol. The van der Waals surface area contributed by atoms with Crippen molar-refractivity contribution in [1.82, 2.24) is 9.80 Å². The lowest BCUT2D eigenvalue weighted by molar-refractivity contribution is -0.133. The van der Waals surface area contributed by atoms with Gasteiger partial charge in [-0.3, -0.25) is 9.69 Å². The summed E-state index contributed by atoms with van der Waals surface area (Å²) in [6, 6.07) is 21.0. The highest BCUT2D eigenvalue weighted by atomic mass is 16.2. The van der Waals surface area contributed by atoms with Crippen LogP contribution in [0.2, 0.25) is 0 Å². The van der Waals surface area contributed by atoms with Crippen molar-refractivity contribution in [3.05, 3.63) is 66.2 Å². The summed E-state index contributed by atoms with van der Waals surface area (Å²) >= 11 is 0. The lowest BCUT2D eigenvalue weighted by Crippen LogP contribution is -2.47. The number of amides is 1. The first-order chi connectivity index (χ1) is 13.1. The lowest BCUT2D eigenvalue weighted by Gasteiger charge is -2.36. The molecule has 0 aliphatic carbocycles. The highest BCUT2D eigenvalue weighted by molar-refractivity contribution is 5.76. The van der Waals surface area contributed by atoms with E-state index in [9.17, 15) is 4.79 Å². The van der Waals surface area contributed by atoms with Crippen molar-refractivity contribution >= 4 is 11.6 Å². The SMILES string of the molecule is CC(C)N(Cc1ccccc1)C(=O)CCN1CCN(c2ccccc2)CC1. The van der Waals surface area contributed by atoms with Gasteiger partial charge in [0.05, 0.1) is 0 Å². The van der Waals surface area contributed by atoms with E-state index < -0.39 is 0 Å². The number of piperazine rings is 1. The van der Waals surface area contributed by atoms with Crippen LogP contribution in [0.4, 0.5) is 5.69 Å². The Morgan fingerprint density at radius 3 is 2.11 bits per heavy atom. The lowest BCUT2D eigenvalue weighted by atomic mass is 10.1. The van der Waals surface area contributed by atoms with Gasteiger partial charge in [0.25, 0.3) is 0 Å². The van der Waals surface area contributed by atoms with Crippen molar-refractivity contribution in [2.45, 2.75) is 32.9 Å². The third-order valence-corrected chi connectivity index (χ3v) is 5.27. The van der Waals surface area contributed by atoms with E-state index in [2.05, 4.69) is 66.1 Å². The molecule has 0 bridgehead atoms. The molecule has 0 N–H and O–H groups in total. The zero-order valence-corrected chi connectivity index (χ0v) is 16.6. The first-order valence-corrected chi connectivity index (χ1v) is 9.99. The summed E-state index contributed by atoms with van der Waals surface area (Å²) in [5, 5.41) is 0. The molecule has 0 spiro atoms. The summed E-state index contributed by atoms with van der Waals surface area (Å²) in [4.78, 5) is 19.6. The molecule has 0 atom stereocenters. The summed E-state index contributed by atoms with van der Waals surface area (Å²) in [5.41, 5.74) is 2.48. The molecule has 2 aromatic rings. The van der Waals surface area contributed by atoms with Crippen LogP contribution in [-0.4, -0.2) is 54.5 Å². The summed E-state index contributed by atoms with van der Waals surface area (Å²) in [6.45, 7) is 9.81. The van der Waals surface area contributed by atoms with Crippen LogP contribution in [0.25, 0.3) is 0 Å². The maximum atomic E-state index is 12.8. The van der Waals surface area contributed by atoms with Crippen LogP contribution >= 0.6 is 0 Å². The van der Waals surface area contributed by atoms with Crippen LogP contribution in [0, 0.1) is 0 Å². The average Bonchev–Trinajstić information content (AvgIpc) is 2.72. The fourth-order valence-electron chi connectivity index (χ4n) is 3.60. The summed E-state index contributed by atoms with van der Waals surface area (Å²) in [6.07, 6.45) is 0.594. The second-order valence-corrected chi connectivity index (χ2v) is 7.52. The van der Waals surface area contributed by atoms with Gasteiger partial charge in [-0.25, -0.2) is 0 Å². The van der Waals surface area contributed by atoms with Crippen molar-refractivity contribution in [2.24, 2.45) is 0 Å². The van der Waals surface area contributed by atoms with Gasteiger partial charge in [0.1, 0.15) is 0 Å². The van der Waals surface area contributed by atoms with E-state index in [1.807, 2.05) is 23.1 Å². The van der Waals surface area contributed by atoms with Crippen LogP contribution in [0.5, 0.6) is 0 Å². The molecule has 3 rings (SSSR count). The molecule has 0 radical (unpaired) electrons. The maximum Gasteiger partial charge on any atom is 0.224 e. The monoisotopic (exact) mass is 365 g/mol. The van der Waals surface area contributed by atoms with E-state index in [1.165, 1.54) is 11.3 Å². The Bertz CT molecular complexity index is 694. The van der Waals surface area contributed by atoms with Crippen LogP contribution in [-0.2, 0) is 11.3 Å². The van der Waals surface area contributed by atoms with Crippen molar-refractivity contribution in [1.29, 1.82) is 0 Å². The molecule has 0 aromatic heterocycles. The van der Waals surface area contributed by atoms with Gasteiger partial charge in [0.15, 0.2) is 0 Å². The van der Waals surface area contributed by atoms with Gasteiger partial charge < -0.3 is 9.80 Å².